The first-order chi connectivity index (χ1) is 9.15. The summed E-state index contributed by atoms with van der Waals surface area (Å²) in [5, 5.41) is 16.8. The number of benzene rings is 1. The monoisotopic (exact) mass is 274 g/mol. The van der Waals surface area contributed by atoms with E-state index in [1.807, 2.05) is 0 Å². The van der Waals surface area contributed by atoms with Gasteiger partial charge in [0.25, 0.3) is 5.69 Å². The predicted octanol–water partition coefficient (Wildman–Crippen LogP) is 2.80. The topological polar surface area (TPSA) is 80.1 Å². The number of aromatic nitrogens is 1. The molecular weight excluding hydrogens is 264 g/mol. The number of nitro groups is 1. The van der Waals surface area contributed by atoms with Crippen LogP contribution in [0.3, 0.4) is 0 Å². The smallest absolute Gasteiger partial charge is 0.269 e. The molecule has 2 N–H and O–H groups in total. The SMILES string of the molecule is O=[N+]([O-])c1ccc(NC(=S)Nc2ccncc2)cc1. The van der Waals surface area contributed by atoms with E-state index in [4.69, 9.17) is 12.2 Å². The molecule has 0 radical (unpaired) electrons. The first-order valence-corrected chi connectivity index (χ1v) is 5.78. The lowest BCUT2D eigenvalue weighted by Crippen LogP contribution is -2.18. The van der Waals surface area contributed by atoms with E-state index in [1.165, 1.54) is 12.1 Å². The van der Waals surface area contributed by atoms with Crippen molar-refractivity contribution in [2.45, 2.75) is 0 Å². The Bertz CT molecular complexity index is 586. The Morgan fingerprint density at radius 3 is 2.11 bits per heavy atom. The van der Waals surface area contributed by atoms with Crippen LogP contribution in [0.2, 0.25) is 0 Å². The molecule has 2 aromatic rings. The average Bonchev–Trinajstić information content (AvgIpc) is 2.40. The van der Waals surface area contributed by atoms with Crippen molar-refractivity contribution in [3.63, 3.8) is 0 Å². The summed E-state index contributed by atoms with van der Waals surface area (Å²) in [7, 11) is 0. The van der Waals surface area contributed by atoms with E-state index in [9.17, 15) is 10.1 Å². The highest BCUT2D eigenvalue weighted by Crippen LogP contribution is 2.15. The van der Waals surface area contributed by atoms with E-state index < -0.39 is 4.92 Å². The number of rotatable bonds is 3. The van der Waals surface area contributed by atoms with Gasteiger partial charge in [0.2, 0.25) is 0 Å². The summed E-state index contributed by atoms with van der Waals surface area (Å²) >= 11 is 5.13. The summed E-state index contributed by atoms with van der Waals surface area (Å²) in [4.78, 5) is 14.0. The first kappa shape index (κ1) is 12.9. The number of nitrogens with zero attached hydrogens (tertiary/aromatic N) is 2. The molecule has 96 valence electrons. The van der Waals surface area contributed by atoms with Crippen LogP contribution in [0, 0.1) is 10.1 Å². The van der Waals surface area contributed by atoms with Gasteiger partial charge in [0, 0.05) is 35.9 Å². The van der Waals surface area contributed by atoms with Crippen LogP contribution < -0.4 is 10.6 Å². The van der Waals surface area contributed by atoms with Crippen LogP contribution in [0.1, 0.15) is 0 Å². The number of thiocarbonyl (C=S) groups is 1. The molecule has 0 unspecified atom stereocenters. The van der Waals surface area contributed by atoms with Gasteiger partial charge in [-0.15, -0.1) is 0 Å². The molecule has 0 spiro atoms. The van der Waals surface area contributed by atoms with E-state index in [0.29, 0.717) is 10.8 Å². The fourth-order valence-corrected chi connectivity index (χ4v) is 1.63. The molecule has 7 heteroatoms. The minimum Gasteiger partial charge on any atom is -0.332 e. The van der Waals surface area contributed by atoms with Crippen molar-refractivity contribution in [3.8, 4) is 0 Å². The van der Waals surface area contributed by atoms with Crippen molar-refractivity contribution in [2.75, 3.05) is 10.6 Å². The number of hydrogen-bond donors (Lipinski definition) is 2. The van der Waals surface area contributed by atoms with Gasteiger partial charge in [-0.25, -0.2) is 0 Å². The van der Waals surface area contributed by atoms with Gasteiger partial charge in [-0.1, -0.05) is 0 Å². The van der Waals surface area contributed by atoms with Crippen LogP contribution in [0.25, 0.3) is 0 Å². The molecule has 0 amide bonds. The third-order valence-corrected chi connectivity index (χ3v) is 2.48. The van der Waals surface area contributed by atoms with Crippen molar-refractivity contribution in [1.29, 1.82) is 0 Å². The number of nitro benzene ring substituents is 1. The van der Waals surface area contributed by atoms with Crippen molar-refractivity contribution in [1.82, 2.24) is 4.98 Å². The summed E-state index contributed by atoms with van der Waals surface area (Å²) < 4.78 is 0. The third-order valence-electron chi connectivity index (χ3n) is 2.27. The molecule has 1 aromatic heterocycles. The Kier molecular flexibility index (Phi) is 3.99. The minimum atomic E-state index is -0.447. The van der Waals surface area contributed by atoms with Gasteiger partial charge in [-0.2, -0.15) is 0 Å². The van der Waals surface area contributed by atoms with Crippen molar-refractivity contribution in [3.05, 3.63) is 58.9 Å². The highest BCUT2D eigenvalue weighted by Gasteiger charge is 2.04. The number of pyridine rings is 1. The molecule has 1 heterocycles. The maximum absolute atomic E-state index is 10.5. The van der Waals surface area contributed by atoms with Gasteiger partial charge in [-0.05, 0) is 36.5 Å². The van der Waals surface area contributed by atoms with Crippen molar-refractivity contribution in [2.24, 2.45) is 0 Å². The van der Waals surface area contributed by atoms with E-state index in [1.54, 1.807) is 36.7 Å². The Balaban J connectivity index is 1.97. The lowest BCUT2D eigenvalue weighted by molar-refractivity contribution is -0.384. The maximum atomic E-state index is 10.5. The van der Waals surface area contributed by atoms with Gasteiger partial charge < -0.3 is 10.6 Å². The number of nitrogens with one attached hydrogen (secondary N) is 2. The summed E-state index contributed by atoms with van der Waals surface area (Å²) in [5.41, 5.74) is 1.53. The fourth-order valence-electron chi connectivity index (χ4n) is 1.40. The Labute approximate surface area is 114 Å². The number of non-ortho nitro benzene ring substituents is 1. The zero-order valence-electron chi connectivity index (χ0n) is 9.74. The van der Waals surface area contributed by atoms with Crippen LogP contribution in [0.5, 0.6) is 0 Å². The highest BCUT2D eigenvalue weighted by molar-refractivity contribution is 7.80. The maximum Gasteiger partial charge on any atom is 0.269 e. The van der Waals surface area contributed by atoms with Gasteiger partial charge in [0.05, 0.1) is 4.92 Å². The third kappa shape index (κ3) is 3.71. The molecule has 1 aromatic carbocycles. The molecule has 19 heavy (non-hydrogen) atoms. The molecular formula is C12H10N4O2S. The lowest BCUT2D eigenvalue weighted by Gasteiger charge is -2.09. The molecule has 0 bridgehead atoms. The Morgan fingerprint density at radius 1 is 1.05 bits per heavy atom. The zero-order chi connectivity index (χ0) is 13.7. The summed E-state index contributed by atoms with van der Waals surface area (Å²) in [6.07, 6.45) is 3.30. The summed E-state index contributed by atoms with van der Waals surface area (Å²) in [5.74, 6) is 0. The summed E-state index contributed by atoms with van der Waals surface area (Å²) in [6.45, 7) is 0. The van der Waals surface area contributed by atoms with Crippen LogP contribution in [-0.2, 0) is 0 Å². The molecule has 6 nitrogen and oxygen atoms in total. The van der Waals surface area contributed by atoms with Crippen LogP contribution in [-0.4, -0.2) is 15.0 Å². The number of hydrogen-bond acceptors (Lipinski definition) is 4. The Morgan fingerprint density at radius 2 is 1.58 bits per heavy atom. The van der Waals surface area contributed by atoms with Gasteiger partial charge in [0.1, 0.15) is 0 Å². The largest absolute Gasteiger partial charge is 0.332 e. The average molecular weight is 274 g/mol. The Hall–Kier alpha value is -2.54. The molecule has 0 aliphatic carbocycles. The quantitative estimate of drug-likeness (QED) is 0.509. The second-order valence-electron chi connectivity index (χ2n) is 3.62. The van der Waals surface area contributed by atoms with Gasteiger partial charge in [-0.3, -0.25) is 15.1 Å². The van der Waals surface area contributed by atoms with E-state index in [0.717, 1.165) is 5.69 Å². The predicted molar refractivity (Wildman–Crippen MR) is 77.2 cm³/mol. The van der Waals surface area contributed by atoms with Crippen LogP contribution >= 0.6 is 12.2 Å². The number of anilines is 2. The van der Waals surface area contributed by atoms with E-state index in [-0.39, 0.29) is 5.69 Å². The van der Waals surface area contributed by atoms with Crippen molar-refractivity contribution >= 4 is 34.4 Å². The molecule has 0 aliphatic rings. The van der Waals surface area contributed by atoms with E-state index >= 15 is 0 Å². The standard InChI is InChI=1S/C12H10N4O2S/c17-16(18)11-3-1-9(2-4-11)14-12(19)15-10-5-7-13-8-6-10/h1-8H,(H2,13,14,15,19). The molecule has 2 rings (SSSR count). The molecule has 0 atom stereocenters. The van der Waals surface area contributed by atoms with Crippen molar-refractivity contribution < 1.29 is 4.92 Å². The second kappa shape index (κ2) is 5.87. The second-order valence-corrected chi connectivity index (χ2v) is 4.03. The molecule has 0 saturated heterocycles. The molecule has 0 aliphatic heterocycles. The molecule has 0 fully saturated rings. The minimum absolute atomic E-state index is 0.0403. The zero-order valence-corrected chi connectivity index (χ0v) is 10.6. The van der Waals surface area contributed by atoms with Gasteiger partial charge in [0.15, 0.2) is 5.11 Å². The van der Waals surface area contributed by atoms with E-state index in [2.05, 4.69) is 15.6 Å². The first-order valence-electron chi connectivity index (χ1n) is 5.37. The van der Waals surface area contributed by atoms with Crippen LogP contribution in [0.4, 0.5) is 17.1 Å². The van der Waals surface area contributed by atoms with Gasteiger partial charge >= 0.3 is 0 Å². The fraction of sp³-hybridized carbons (Fsp3) is 0. The molecule has 0 saturated carbocycles. The highest BCUT2D eigenvalue weighted by atomic mass is 32.1. The van der Waals surface area contributed by atoms with Crippen LogP contribution in [0.15, 0.2) is 48.8 Å². The lowest BCUT2D eigenvalue weighted by atomic mass is 10.3. The summed E-state index contributed by atoms with van der Waals surface area (Å²) in [6, 6.07) is 9.58. The normalized spacial score (nSPS) is 9.68.